The van der Waals surface area contributed by atoms with Crippen LogP contribution in [0.1, 0.15) is 48.8 Å². The Balaban J connectivity index is 2.11. The Morgan fingerprint density at radius 3 is 2.59 bits per heavy atom. The fraction of sp³-hybridized carbons (Fsp3) is 0.391. The van der Waals surface area contributed by atoms with Gasteiger partial charge in [0, 0.05) is 19.2 Å². The van der Waals surface area contributed by atoms with Crippen LogP contribution in [0.5, 0.6) is 0 Å². The van der Waals surface area contributed by atoms with Crippen LogP contribution < -0.4 is 5.73 Å². The molecule has 0 aromatic carbocycles. The average molecular weight is 438 g/mol. The molecule has 0 amide bonds. The lowest BCUT2D eigenvalue weighted by atomic mass is 9.96. The molecule has 0 saturated carbocycles. The Kier molecular flexibility index (Phi) is 5.99. The van der Waals surface area contributed by atoms with E-state index in [9.17, 15) is 14.9 Å². The van der Waals surface area contributed by atoms with E-state index < -0.39 is 23.1 Å². The number of nitriles is 1. The number of aromatic nitrogens is 1. The van der Waals surface area contributed by atoms with E-state index in [0.29, 0.717) is 11.5 Å². The van der Waals surface area contributed by atoms with Gasteiger partial charge >= 0.3 is 11.9 Å². The lowest BCUT2D eigenvalue weighted by Gasteiger charge is -2.28. The highest BCUT2D eigenvalue weighted by Gasteiger charge is 2.41. The molecule has 1 aliphatic heterocycles. The minimum Gasteiger partial charge on any atom is -0.464 e. The van der Waals surface area contributed by atoms with Crippen molar-refractivity contribution in [3.63, 3.8) is 0 Å². The number of methoxy groups -OCH3 is 1. The van der Waals surface area contributed by atoms with E-state index in [1.165, 1.54) is 19.6 Å². The number of anilines is 1. The summed E-state index contributed by atoms with van der Waals surface area (Å²) in [6.45, 7) is 7.27. The molecule has 2 N–H and O–H groups in total. The van der Waals surface area contributed by atoms with E-state index in [-0.39, 0.29) is 29.9 Å². The van der Waals surface area contributed by atoms with Crippen LogP contribution in [-0.2, 0) is 20.8 Å². The number of nitrogens with zero attached hydrogens (tertiary/aromatic N) is 3. The van der Waals surface area contributed by atoms with Crippen molar-refractivity contribution in [1.29, 1.82) is 5.26 Å². The number of ether oxygens (including phenoxy) is 2. The van der Waals surface area contributed by atoms with Gasteiger partial charge < -0.3 is 24.2 Å². The third-order valence-corrected chi connectivity index (χ3v) is 5.10. The number of furan rings is 1. The maximum absolute atomic E-state index is 13.0. The van der Waals surface area contributed by atoms with Crippen molar-refractivity contribution in [3.8, 4) is 17.5 Å². The molecule has 9 nitrogen and oxygen atoms in total. The number of aryl methyl sites for hydroxylation is 1. The minimum atomic E-state index is -1.26. The number of nitrogens with two attached hydrogens (primary N) is 1. The van der Waals surface area contributed by atoms with Gasteiger partial charge in [-0.05, 0) is 51.5 Å². The monoisotopic (exact) mass is 438 g/mol. The molecule has 32 heavy (non-hydrogen) atoms. The quantitative estimate of drug-likeness (QED) is 0.683. The first-order chi connectivity index (χ1) is 15.0. The molecule has 1 unspecified atom stereocenters. The Hall–Kier alpha value is -3.80. The molecule has 3 rings (SSSR count). The van der Waals surface area contributed by atoms with E-state index in [1.807, 2.05) is 6.92 Å². The third-order valence-electron chi connectivity index (χ3n) is 5.10. The maximum Gasteiger partial charge on any atom is 0.356 e. The van der Waals surface area contributed by atoms with Crippen molar-refractivity contribution >= 4 is 23.8 Å². The minimum absolute atomic E-state index is 0.0121. The molecule has 0 spiro atoms. The van der Waals surface area contributed by atoms with Gasteiger partial charge in [0.15, 0.2) is 17.0 Å². The largest absolute Gasteiger partial charge is 0.464 e. The first-order valence-electron chi connectivity index (χ1n) is 10.1. The number of rotatable bonds is 6. The predicted molar refractivity (Wildman–Crippen MR) is 118 cm³/mol. The van der Waals surface area contributed by atoms with E-state index in [4.69, 9.17) is 19.6 Å². The summed E-state index contributed by atoms with van der Waals surface area (Å²) in [5.41, 5.74) is 5.43. The van der Waals surface area contributed by atoms with Crippen molar-refractivity contribution in [2.24, 2.45) is 4.99 Å². The standard InChI is InChI=1S/C23H26N4O5/c1-14-7-12-31-19(14)17-15(13-24)16(25)18(20(28)30-5)27(17)11-9-23(8-6-10-26-23)21(29)32-22(2,3)4/h6-8,10,12H,9,11,25H2,1-5H3. The first-order valence-corrected chi connectivity index (χ1v) is 10.1. The lowest BCUT2D eigenvalue weighted by molar-refractivity contribution is -0.159. The molecule has 0 fully saturated rings. The number of esters is 2. The molecular formula is C23H26N4O5. The summed E-state index contributed by atoms with van der Waals surface area (Å²) < 4.78 is 17.7. The van der Waals surface area contributed by atoms with Gasteiger partial charge in [-0.25, -0.2) is 9.59 Å². The van der Waals surface area contributed by atoms with Gasteiger partial charge in [-0.1, -0.05) is 0 Å². The maximum atomic E-state index is 13.0. The van der Waals surface area contributed by atoms with Crippen LogP contribution >= 0.6 is 0 Å². The molecule has 3 heterocycles. The Bertz CT molecular complexity index is 1140. The normalized spacial score (nSPS) is 17.4. The van der Waals surface area contributed by atoms with Crippen molar-refractivity contribution in [3.05, 3.63) is 41.3 Å². The van der Waals surface area contributed by atoms with Crippen LogP contribution in [-0.4, -0.2) is 41.0 Å². The van der Waals surface area contributed by atoms with Crippen molar-refractivity contribution in [2.75, 3.05) is 12.8 Å². The molecule has 0 bridgehead atoms. The number of hydrogen-bond donors (Lipinski definition) is 1. The Morgan fingerprint density at radius 1 is 1.38 bits per heavy atom. The highest BCUT2D eigenvalue weighted by Crippen LogP contribution is 2.37. The summed E-state index contributed by atoms with van der Waals surface area (Å²) in [5, 5.41) is 9.78. The fourth-order valence-electron chi connectivity index (χ4n) is 3.58. The number of allylic oxidation sites excluding steroid dienone is 1. The molecule has 9 heteroatoms. The second-order valence-electron chi connectivity index (χ2n) is 8.49. The average Bonchev–Trinajstić information content (AvgIpc) is 3.42. The van der Waals surface area contributed by atoms with Gasteiger partial charge in [-0.2, -0.15) is 5.26 Å². The van der Waals surface area contributed by atoms with E-state index in [2.05, 4.69) is 11.1 Å². The van der Waals surface area contributed by atoms with E-state index >= 15 is 0 Å². The molecule has 0 saturated heterocycles. The summed E-state index contributed by atoms with van der Waals surface area (Å²) in [6.07, 6.45) is 6.52. The second kappa shape index (κ2) is 8.38. The van der Waals surface area contributed by atoms with E-state index in [1.54, 1.807) is 43.6 Å². The van der Waals surface area contributed by atoms with Crippen molar-refractivity contribution in [1.82, 2.24) is 4.57 Å². The van der Waals surface area contributed by atoms with Crippen LogP contribution in [0, 0.1) is 18.3 Å². The van der Waals surface area contributed by atoms with Crippen LogP contribution in [0.15, 0.2) is 33.9 Å². The van der Waals surface area contributed by atoms with Crippen LogP contribution in [0.25, 0.3) is 11.5 Å². The summed E-state index contributed by atoms with van der Waals surface area (Å²) in [4.78, 5) is 29.9. The molecule has 2 aromatic rings. The molecule has 0 aliphatic carbocycles. The van der Waals surface area contributed by atoms with Gasteiger partial charge in [0.2, 0.25) is 0 Å². The zero-order chi connectivity index (χ0) is 23.7. The molecule has 168 valence electrons. The first kappa shape index (κ1) is 22.9. The van der Waals surface area contributed by atoms with Gasteiger partial charge in [-0.3, -0.25) is 4.99 Å². The summed E-state index contributed by atoms with van der Waals surface area (Å²) in [7, 11) is 1.23. The zero-order valence-corrected chi connectivity index (χ0v) is 18.8. The molecular weight excluding hydrogens is 412 g/mol. The molecule has 2 aromatic heterocycles. The molecule has 1 aliphatic rings. The van der Waals surface area contributed by atoms with Gasteiger partial charge in [0.1, 0.15) is 22.9 Å². The van der Waals surface area contributed by atoms with Gasteiger partial charge in [-0.15, -0.1) is 0 Å². The molecule has 0 radical (unpaired) electrons. The smallest absolute Gasteiger partial charge is 0.356 e. The third kappa shape index (κ3) is 4.04. The zero-order valence-electron chi connectivity index (χ0n) is 18.8. The highest BCUT2D eigenvalue weighted by atomic mass is 16.6. The molecule has 1 atom stereocenters. The second-order valence-corrected chi connectivity index (χ2v) is 8.49. The number of nitrogen functional groups attached to an aromatic ring is 1. The lowest BCUT2D eigenvalue weighted by Crippen LogP contribution is -2.40. The Morgan fingerprint density at radius 2 is 2.09 bits per heavy atom. The summed E-state index contributed by atoms with van der Waals surface area (Å²) in [5.74, 6) is -0.808. The van der Waals surface area contributed by atoms with Crippen LogP contribution in [0.2, 0.25) is 0 Å². The number of aliphatic imine (C=N–C) groups is 1. The number of carbonyl (C=O) groups is 2. The topological polar surface area (TPSA) is 133 Å². The van der Waals surface area contributed by atoms with Gasteiger partial charge in [0.05, 0.1) is 19.1 Å². The number of carbonyl (C=O) groups excluding carboxylic acids is 2. The van der Waals surface area contributed by atoms with Crippen LogP contribution in [0.4, 0.5) is 5.69 Å². The predicted octanol–water partition coefficient (Wildman–Crippen LogP) is 3.41. The van der Waals surface area contributed by atoms with Crippen molar-refractivity contribution < 1.29 is 23.5 Å². The van der Waals surface area contributed by atoms with Crippen LogP contribution in [0.3, 0.4) is 0 Å². The Labute approximate surface area is 186 Å². The SMILES string of the molecule is COC(=O)c1c(N)c(C#N)c(-c2occc2C)n1CCC1(C(=O)OC(C)(C)C)C=CC=N1. The summed E-state index contributed by atoms with van der Waals surface area (Å²) in [6, 6.07) is 3.81. The van der Waals surface area contributed by atoms with Gasteiger partial charge in [0.25, 0.3) is 0 Å². The number of hydrogen-bond acceptors (Lipinski definition) is 8. The summed E-state index contributed by atoms with van der Waals surface area (Å²) >= 11 is 0. The van der Waals surface area contributed by atoms with E-state index in [0.717, 1.165) is 5.56 Å². The fourth-order valence-corrected chi connectivity index (χ4v) is 3.58. The highest BCUT2D eigenvalue weighted by molar-refractivity contribution is 5.98. The van der Waals surface area contributed by atoms with Crippen molar-refractivity contribution in [2.45, 2.75) is 51.8 Å².